The van der Waals surface area contributed by atoms with Crippen molar-refractivity contribution in [1.29, 1.82) is 0 Å². The van der Waals surface area contributed by atoms with Crippen LogP contribution in [0.4, 0.5) is 0 Å². The summed E-state index contributed by atoms with van der Waals surface area (Å²) in [6, 6.07) is 1.41. The number of nitrogens with zero attached hydrogens (tertiary/aromatic N) is 2. The van der Waals surface area contributed by atoms with Gasteiger partial charge < -0.3 is 4.98 Å². The number of rotatable bonds is 5. The topological polar surface area (TPSA) is 95.2 Å². The lowest BCUT2D eigenvalue weighted by molar-refractivity contribution is 0.415. The van der Waals surface area contributed by atoms with Gasteiger partial charge in [0.25, 0.3) is 15.8 Å². The normalized spacial score (nSPS) is 17.6. The predicted molar refractivity (Wildman–Crippen MR) is 80.3 cm³/mol. The molecule has 2 heterocycles. The Hall–Kier alpha value is -1.25. The van der Waals surface area contributed by atoms with Gasteiger partial charge in [-0.15, -0.1) is 0 Å². The summed E-state index contributed by atoms with van der Waals surface area (Å²) in [5.41, 5.74) is 0.414. The van der Waals surface area contributed by atoms with Gasteiger partial charge in [-0.3, -0.25) is 4.79 Å². The molecular formula is C13H22N4O3S. The van der Waals surface area contributed by atoms with Crippen LogP contribution in [0.1, 0.15) is 37.2 Å². The van der Waals surface area contributed by atoms with Gasteiger partial charge in [-0.25, -0.2) is 9.71 Å². The Labute approximate surface area is 125 Å². The van der Waals surface area contributed by atoms with E-state index in [1.54, 1.807) is 6.92 Å². The summed E-state index contributed by atoms with van der Waals surface area (Å²) in [4.78, 5) is 18.1. The van der Waals surface area contributed by atoms with Gasteiger partial charge in [-0.2, -0.15) is 12.7 Å². The highest BCUT2D eigenvalue weighted by atomic mass is 32.2. The molecule has 8 heteroatoms. The highest BCUT2D eigenvalue weighted by Gasteiger charge is 2.22. The average Bonchev–Trinajstić information content (AvgIpc) is 2.66. The maximum absolute atomic E-state index is 12.2. The van der Waals surface area contributed by atoms with Crippen molar-refractivity contribution in [3.05, 3.63) is 27.9 Å². The van der Waals surface area contributed by atoms with Crippen molar-refractivity contribution in [3.8, 4) is 0 Å². The quantitative estimate of drug-likeness (QED) is 0.819. The van der Waals surface area contributed by atoms with E-state index in [1.165, 1.54) is 10.4 Å². The molecule has 0 amide bonds. The van der Waals surface area contributed by atoms with Gasteiger partial charge in [0.05, 0.1) is 0 Å². The summed E-state index contributed by atoms with van der Waals surface area (Å²) >= 11 is 0. The Kier molecular flexibility index (Phi) is 5.49. The minimum Gasteiger partial charge on any atom is -0.311 e. The van der Waals surface area contributed by atoms with Gasteiger partial charge >= 0.3 is 0 Å². The second kappa shape index (κ2) is 7.15. The minimum absolute atomic E-state index is 0.215. The standard InChI is InChI=1S/C13H22N4O3S/c1-11-10-13(18)16-12(15-11)6-7-14-21(19,20)17-8-4-2-3-5-9-17/h10,14H,2-9H2,1H3,(H,15,16,18). The van der Waals surface area contributed by atoms with Crippen molar-refractivity contribution >= 4 is 10.2 Å². The number of nitrogens with one attached hydrogen (secondary N) is 2. The third-order valence-corrected chi connectivity index (χ3v) is 5.08. The Bertz CT molecular complexity index is 619. The molecule has 0 atom stereocenters. The molecule has 21 heavy (non-hydrogen) atoms. The Morgan fingerprint density at radius 1 is 1.29 bits per heavy atom. The summed E-state index contributed by atoms with van der Waals surface area (Å²) in [6.07, 6.45) is 4.35. The molecule has 0 radical (unpaired) electrons. The molecule has 0 aliphatic carbocycles. The van der Waals surface area contributed by atoms with Crippen molar-refractivity contribution in [2.45, 2.75) is 39.0 Å². The number of hydrogen-bond donors (Lipinski definition) is 2. The van der Waals surface area contributed by atoms with E-state index in [0.717, 1.165) is 25.7 Å². The first-order valence-corrected chi connectivity index (χ1v) is 8.73. The fraction of sp³-hybridized carbons (Fsp3) is 0.692. The predicted octanol–water partition coefficient (Wildman–Crippen LogP) is 0.331. The van der Waals surface area contributed by atoms with Crippen LogP contribution in [0.2, 0.25) is 0 Å². The fourth-order valence-electron chi connectivity index (χ4n) is 2.43. The van der Waals surface area contributed by atoms with Gasteiger partial charge in [0.15, 0.2) is 0 Å². The Morgan fingerprint density at radius 3 is 2.57 bits per heavy atom. The zero-order valence-corrected chi connectivity index (χ0v) is 13.1. The summed E-state index contributed by atoms with van der Waals surface area (Å²) in [7, 11) is -3.43. The summed E-state index contributed by atoms with van der Waals surface area (Å²) in [5.74, 6) is 0.499. The molecule has 0 saturated carbocycles. The molecule has 1 aliphatic rings. The molecular weight excluding hydrogens is 292 g/mol. The minimum atomic E-state index is -3.43. The van der Waals surface area contributed by atoms with Gasteiger partial charge in [0.1, 0.15) is 5.82 Å². The lowest BCUT2D eigenvalue weighted by Crippen LogP contribution is -2.42. The molecule has 1 aromatic rings. The first kappa shape index (κ1) is 16.1. The first-order valence-electron chi connectivity index (χ1n) is 7.29. The third kappa shape index (κ3) is 4.90. The zero-order chi connectivity index (χ0) is 15.3. The van der Waals surface area contributed by atoms with Crippen LogP contribution in [0.25, 0.3) is 0 Å². The number of aromatic amines is 1. The van der Waals surface area contributed by atoms with Gasteiger partial charge in [0.2, 0.25) is 0 Å². The van der Waals surface area contributed by atoms with Crippen LogP contribution < -0.4 is 10.3 Å². The molecule has 1 saturated heterocycles. The van der Waals surface area contributed by atoms with E-state index in [-0.39, 0.29) is 12.1 Å². The average molecular weight is 314 g/mol. The second-order valence-electron chi connectivity index (χ2n) is 5.30. The Balaban J connectivity index is 1.90. The third-order valence-electron chi connectivity index (χ3n) is 3.47. The van der Waals surface area contributed by atoms with Gasteiger partial charge in [0, 0.05) is 37.8 Å². The molecule has 0 bridgehead atoms. The smallest absolute Gasteiger partial charge is 0.279 e. The van der Waals surface area contributed by atoms with E-state index in [0.29, 0.717) is 31.0 Å². The molecule has 7 nitrogen and oxygen atoms in total. The van der Waals surface area contributed by atoms with Crippen molar-refractivity contribution in [2.24, 2.45) is 0 Å². The largest absolute Gasteiger partial charge is 0.311 e. The molecule has 1 fully saturated rings. The van der Waals surface area contributed by atoms with Crippen molar-refractivity contribution in [3.63, 3.8) is 0 Å². The molecule has 118 valence electrons. The van der Waals surface area contributed by atoms with Crippen LogP contribution in [0, 0.1) is 6.92 Å². The van der Waals surface area contributed by atoms with Crippen molar-refractivity contribution < 1.29 is 8.42 Å². The zero-order valence-electron chi connectivity index (χ0n) is 12.3. The molecule has 0 unspecified atom stereocenters. The number of aryl methyl sites for hydroxylation is 1. The van der Waals surface area contributed by atoms with Crippen LogP contribution in [0.5, 0.6) is 0 Å². The maximum atomic E-state index is 12.2. The second-order valence-corrected chi connectivity index (χ2v) is 7.05. The summed E-state index contributed by atoms with van der Waals surface area (Å²) < 4.78 is 28.5. The van der Waals surface area contributed by atoms with Crippen LogP contribution in [0.3, 0.4) is 0 Å². The van der Waals surface area contributed by atoms with E-state index < -0.39 is 10.2 Å². The highest BCUT2D eigenvalue weighted by molar-refractivity contribution is 7.87. The summed E-state index contributed by atoms with van der Waals surface area (Å²) in [6.45, 7) is 3.12. The lowest BCUT2D eigenvalue weighted by atomic mass is 10.2. The van der Waals surface area contributed by atoms with Crippen LogP contribution in [0.15, 0.2) is 10.9 Å². The van der Waals surface area contributed by atoms with E-state index in [4.69, 9.17) is 0 Å². The van der Waals surface area contributed by atoms with Gasteiger partial charge in [-0.05, 0) is 19.8 Å². The molecule has 1 aromatic heterocycles. The highest BCUT2D eigenvalue weighted by Crippen LogP contribution is 2.12. The van der Waals surface area contributed by atoms with Crippen LogP contribution in [-0.2, 0) is 16.6 Å². The number of aromatic nitrogens is 2. The van der Waals surface area contributed by atoms with Crippen molar-refractivity contribution in [1.82, 2.24) is 19.0 Å². The van der Waals surface area contributed by atoms with E-state index in [9.17, 15) is 13.2 Å². The molecule has 1 aliphatic heterocycles. The lowest BCUT2D eigenvalue weighted by Gasteiger charge is -2.20. The number of hydrogen-bond acceptors (Lipinski definition) is 4. The first-order chi connectivity index (χ1) is 9.97. The SMILES string of the molecule is Cc1cc(=O)[nH]c(CCNS(=O)(=O)N2CCCCCC2)n1. The van der Waals surface area contributed by atoms with Crippen LogP contribution >= 0.6 is 0 Å². The Morgan fingerprint density at radius 2 is 1.95 bits per heavy atom. The maximum Gasteiger partial charge on any atom is 0.279 e. The van der Waals surface area contributed by atoms with Crippen LogP contribution in [-0.4, -0.2) is 42.3 Å². The number of H-pyrrole nitrogens is 1. The molecule has 2 N–H and O–H groups in total. The van der Waals surface area contributed by atoms with Gasteiger partial charge in [-0.1, -0.05) is 12.8 Å². The monoisotopic (exact) mass is 314 g/mol. The van der Waals surface area contributed by atoms with Crippen molar-refractivity contribution in [2.75, 3.05) is 19.6 Å². The fourth-order valence-corrected chi connectivity index (χ4v) is 3.71. The molecule has 2 rings (SSSR count). The van der Waals surface area contributed by atoms with E-state index in [1.807, 2.05) is 0 Å². The molecule has 0 spiro atoms. The molecule has 0 aromatic carbocycles. The van der Waals surface area contributed by atoms with E-state index >= 15 is 0 Å². The summed E-state index contributed by atoms with van der Waals surface area (Å²) in [5, 5.41) is 0. The van der Waals surface area contributed by atoms with E-state index in [2.05, 4.69) is 14.7 Å².